The van der Waals surface area contributed by atoms with E-state index in [0.717, 1.165) is 39.1 Å². The molecule has 0 fully saturated rings. The number of nitrogens with zero attached hydrogens (tertiary/aromatic N) is 1. The van der Waals surface area contributed by atoms with E-state index in [1.807, 2.05) is 109 Å². The molecule has 5 aromatic carbocycles. The zero-order chi connectivity index (χ0) is 33.9. The molecule has 8 nitrogen and oxygen atoms in total. The van der Waals surface area contributed by atoms with Crippen molar-refractivity contribution in [2.75, 3.05) is 26.9 Å². The SMILES string of the molecule is COc1ccccc1CCNNC(=O)[C@@]1(Cc2ccccc2)N=C(c2ccc(OCCCO)cc2)O[C@H]1c1ccc(-c2ccccc2)cc1. The van der Waals surface area contributed by atoms with Crippen LogP contribution in [0.5, 0.6) is 11.5 Å². The van der Waals surface area contributed by atoms with Crippen LogP contribution in [0.15, 0.2) is 138 Å². The maximum absolute atomic E-state index is 14.5. The van der Waals surface area contributed by atoms with E-state index in [1.54, 1.807) is 7.11 Å². The highest BCUT2D eigenvalue weighted by atomic mass is 16.5. The van der Waals surface area contributed by atoms with Crippen LogP contribution >= 0.6 is 0 Å². The van der Waals surface area contributed by atoms with E-state index >= 15 is 0 Å². The second kappa shape index (κ2) is 16.1. The first-order chi connectivity index (χ1) is 24.1. The van der Waals surface area contributed by atoms with Crippen LogP contribution in [0.1, 0.15) is 34.8 Å². The highest BCUT2D eigenvalue weighted by molar-refractivity contribution is 6.01. The summed E-state index contributed by atoms with van der Waals surface area (Å²) in [5, 5.41) is 9.11. The molecule has 0 aliphatic carbocycles. The number of hydrazine groups is 1. The average molecular weight is 656 g/mol. The molecule has 5 aromatic rings. The average Bonchev–Trinajstić information content (AvgIpc) is 3.55. The molecule has 0 aromatic heterocycles. The highest BCUT2D eigenvalue weighted by Crippen LogP contribution is 2.43. The van der Waals surface area contributed by atoms with E-state index in [-0.39, 0.29) is 12.5 Å². The number of hydrogen-bond acceptors (Lipinski definition) is 7. The van der Waals surface area contributed by atoms with Crippen LogP contribution < -0.4 is 20.3 Å². The standard InChI is InChI=1S/C41H41N3O5/c1-47-37-16-9-8-15-33(37)25-26-42-44-40(46)41(29-30-11-4-2-5-12-30)38(34-19-17-32(18-20-34)31-13-6-3-7-14-31)49-39(43-41)35-21-23-36(24-22-35)48-28-10-27-45/h2-9,11-24,38,42,45H,10,25-29H2,1H3,(H,44,46)/t38-,41-/m0/s1. The van der Waals surface area contributed by atoms with Gasteiger partial charge in [-0.15, -0.1) is 0 Å². The molecule has 1 amide bonds. The van der Waals surface area contributed by atoms with Crippen molar-refractivity contribution in [3.63, 3.8) is 0 Å². The van der Waals surface area contributed by atoms with Gasteiger partial charge in [-0.05, 0) is 64.6 Å². The summed E-state index contributed by atoms with van der Waals surface area (Å²) in [5.74, 6) is 1.56. The molecule has 6 rings (SSSR count). The number of carbonyl (C=O) groups excluding carboxylic acids is 1. The van der Waals surface area contributed by atoms with Crippen molar-refractivity contribution in [3.8, 4) is 22.6 Å². The monoisotopic (exact) mass is 655 g/mol. The molecule has 0 radical (unpaired) electrons. The lowest BCUT2D eigenvalue weighted by Crippen LogP contribution is -2.54. The molecular formula is C41H41N3O5. The fourth-order valence-corrected chi connectivity index (χ4v) is 6.03. The van der Waals surface area contributed by atoms with Gasteiger partial charge < -0.3 is 19.3 Å². The first-order valence-corrected chi connectivity index (χ1v) is 16.5. The number of aliphatic hydroxyl groups excluding tert-OH is 1. The number of ether oxygens (including phenoxy) is 3. The molecule has 8 heteroatoms. The largest absolute Gasteiger partial charge is 0.496 e. The topological polar surface area (TPSA) is 101 Å². The van der Waals surface area contributed by atoms with Crippen LogP contribution in [0.3, 0.4) is 0 Å². The number of nitrogens with one attached hydrogen (secondary N) is 2. The van der Waals surface area contributed by atoms with E-state index in [0.29, 0.717) is 44.1 Å². The molecule has 2 atom stereocenters. The summed E-state index contributed by atoms with van der Waals surface area (Å²) in [6.45, 7) is 0.967. The third-order valence-corrected chi connectivity index (χ3v) is 8.58. The molecule has 49 heavy (non-hydrogen) atoms. The number of aliphatic hydroxyl groups is 1. The predicted octanol–water partition coefficient (Wildman–Crippen LogP) is 6.49. The van der Waals surface area contributed by atoms with Crippen molar-refractivity contribution in [1.82, 2.24) is 10.9 Å². The van der Waals surface area contributed by atoms with Crippen LogP contribution in [-0.4, -0.2) is 49.3 Å². The van der Waals surface area contributed by atoms with Gasteiger partial charge in [0.15, 0.2) is 11.6 Å². The lowest BCUT2D eigenvalue weighted by atomic mass is 9.82. The molecule has 0 spiro atoms. The van der Waals surface area contributed by atoms with Crippen LogP contribution in [0.25, 0.3) is 11.1 Å². The fourth-order valence-electron chi connectivity index (χ4n) is 6.03. The Hall–Kier alpha value is -5.44. The van der Waals surface area contributed by atoms with Crippen LogP contribution in [-0.2, 0) is 22.4 Å². The molecule has 0 saturated heterocycles. The minimum absolute atomic E-state index is 0.0668. The Morgan fingerprint density at radius 3 is 2.18 bits per heavy atom. The normalized spacial score (nSPS) is 16.8. The van der Waals surface area contributed by atoms with Gasteiger partial charge in [-0.3, -0.25) is 10.2 Å². The molecule has 1 aliphatic heterocycles. The Labute approximate surface area is 287 Å². The summed E-state index contributed by atoms with van der Waals surface area (Å²) in [4.78, 5) is 19.7. The van der Waals surface area contributed by atoms with Crippen LogP contribution in [0.4, 0.5) is 0 Å². The molecule has 0 bridgehead atoms. The molecule has 1 heterocycles. The number of benzene rings is 5. The van der Waals surface area contributed by atoms with E-state index in [1.165, 1.54) is 0 Å². The van der Waals surface area contributed by atoms with Crippen LogP contribution in [0, 0.1) is 0 Å². The van der Waals surface area contributed by atoms with E-state index in [4.69, 9.17) is 24.3 Å². The molecule has 0 saturated carbocycles. The van der Waals surface area contributed by atoms with Crippen molar-refractivity contribution in [2.45, 2.75) is 30.9 Å². The van der Waals surface area contributed by atoms with Gasteiger partial charge in [0.25, 0.3) is 5.91 Å². The molecule has 1 aliphatic rings. The van der Waals surface area contributed by atoms with Gasteiger partial charge in [0.1, 0.15) is 11.5 Å². The van der Waals surface area contributed by atoms with Crippen molar-refractivity contribution >= 4 is 11.8 Å². The molecule has 3 N–H and O–H groups in total. The van der Waals surface area contributed by atoms with E-state index < -0.39 is 11.6 Å². The Morgan fingerprint density at radius 1 is 0.816 bits per heavy atom. The zero-order valence-electron chi connectivity index (χ0n) is 27.5. The van der Waals surface area contributed by atoms with Gasteiger partial charge in [0, 0.05) is 31.6 Å². The lowest BCUT2D eigenvalue weighted by molar-refractivity contribution is -0.130. The summed E-state index contributed by atoms with van der Waals surface area (Å²) in [6.07, 6.45) is 0.791. The number of hydrogen-bond donors (Lipinski definition) is 3. The van der Waals surface area contributed by atoms with Crippen LogP contribution in [0.2, 0.25) is 0 Å². The third-order valence-electron chi connectivity index (χ3n) is 8.58. The summed E-state index contributed by atoms with van der Waals surface area (Å²) in [6, 6.07) is 43.5. The third kappa shape index (κ3) is 8.00. The summed E-state index contributed by atoms with van der Waals surface area (Å²) >= 11 is 0. The number of para-hydroxylation sites is 1. The van der Waals surface area contributed by atoms with Gasteiger partial charge in [0.05, 0.1) is 13.7 Å². The number of amides is 1. The lowest BCUT2D eigenvalue weighted by Gasteiger charge is -2.31. The summed E-state index contributed by atoms with van der Waals surface area (Å²) in [7, 11) is 1.65. The number of carbonyl (C=O) groups is 1. The van der Waals surface area contributed by atoms with Gasteiger partial charge in [0.2, 0.25) is 5.90 Å². The quantitative estimate of drug-likeness (QED) is 0.0881. The van der Waals surface area contributed by atoms with Gasteiger partial charge >= 0.3 is 0 Å². The Balaban J connectivity index is 1.33. The zero-order valence-corrected chi connectivity index (χ0v) is 27.5. The Bertz CT molecular complexity index is 1830. The first-order valence-electron chi connectivity index (χ1n) is 16.5. The van der Waals surface area contributed by atoms with Gasteiger partial charge in [-0.1, -0.05) is 103 Å². The maximum atomic E-state index is 14.5. The van der Waals surface area contributed by atoms with Gasteiger partial charge in [-0.2, -0.15) is 0 Å². The number of aliphatic imine (C=N–C) groups is 1. The Kier molecular flexibility index (Phi) is 11.0. The Morgan fingerprint density at radius 2 is 1.47 bits per heavy atom. The minimum Gasteiger partial charge on any atom is -0.496 e. The van der Waals surface area contributed by atoms with E-state index in [9.17, 15) is 4.79 Å². The van der Waals surface area contributed by atoms with Crippen molar-refractivity contribution in [2.24, 2.45) is 4.99 Å². The van der Waals surface area contributed by atoms with Crippen molar-refractivity contribution < 1.29 is 24.1 Å². The van der Waals surface area contributed by atoms with Crippen molar-refractivity contribution in [3.05, 3.63) is 156 Å². The molecular weight excluding hydrogens is 614 g/mol. The fraction of sp³-hybridized carbons (Fsp3) is 0.220. The highest BCUT2D eigenvalue weighted by Gasteiger charge is 2.53. The smallest absolute Gasteiger partial charge is 0.266 e. The van der Waals surface area contributed by atoms with Gasteiger partial charge in [-0.25, -0.2) is 10.4 Å². The first kappa shape index (κ1) is 33.5. The number of rotatable bonds is 15. The minimum atomic E-state index is -1.33. The predicted molar refractivity (Wildman–Crippen MR) is 192 cm³/mol. The summed E-state index contributed by atoms with van der Waals surface area (Å²) in [5.41, 5.74) is 10.5. The maximum Gasteiger partial charge on any atom is 0.266 e. The van der Waals surface area contributed by atoms with E-state index in [2.05, 4.69) is 35.1 Å². The molecule has 0 unspecified atom stereocenters. The molecule has 250 valence electrons. The second-order valence-corrected chi connectivity index (χ2v) is 11.9. The summed E-state index contributed by atoms with van der Waals surface area (Å²) < 4.78 is 17.9. The van der Waals surface area contributed by atoms with Crippen molar-refractivity contribution in [1.29, 1.82) is 0 Å². The second-order valence-electron chi connectivity index (χ2n) is 11.9. The number of methoxy groups -OCH3 is 1.